The van der Waals surface area contributed by atoms with Crippen molar-refractivity contribution in [3.05, 3.63) is 0 Å². The third-order valence-electron chi connectivity index (χ3n) is 4.81. The van der Waals surface area contributed by atoms with Crippen molar-refractivity contribution >= 4 is 42.3 Å². The van der Waals surface area contributed by atoms with Crippen molar-refractivity contribution < 1.29 is 29.4 Å². The van der Waals surface area contributed by atoms with E-state index in [4.69, 9.17) is 11.5 Å². The Morgan fingerprint density at radius 2 is 1.84 bits per heavy atom. The number of aliphatic hydroxyl groups is 1. The Balaban J connectivity index is 2.72. The van der Waals surface area contributed by atoms with Crippen LogP contribution in [-0.4, -0.2) is 89.0 Å². The molecule has 0 aromatic rings. The summed E-state index contributed by atoms with van der Waals surface area (Å²) in [5.41, 5.74) is 10.4. The van der Waals surface area contributed by atoms with E-state index in [-0.39, 0.29) is 37.0 Å². The van der Waals surface area contributed by atoms with Crippen molar-refractivity contribution in [2.75, 3.05) is 18.8 Å². The first-order valence-corrected chi connectivity index (χ1v) is 10.9. The second kappa shape index (κ2) is 13.8. The molecule has 5 atom stereocenters. The molecule has 1 aliphatic heterocycles. The van der Waals surface area contributed by atoms with E-state index >= 15 is 0 Å². The lowest BCUT2D eigenvalue weighted by atomic mass is 10.1. The van der Waals surface area contributed by atoms with E-state index in [9.17, 15) is 29.4 Å². The Morgan fingerprint density at radius 3 is 2.34 bits per heavy atom. The summed E-state index contributed by atoms with van der Waals surface area (Å²) in [6.45, 7) is 2.16. The van der Waals surface area contributed by atoms with E-state index in [1.54, 1.807) is 0 Å². The van der Waals surface area contributed by atoms with Gasteiger partial charge in [0.25, 0.3) is 0 Å². The molecule has 0 aromatic heterocycles. The van der Waals surface area contributed by atoms with Gasteiger partial charge in [-0.3, -0.25) is 19.4 Å². The second-order valence-electron chi connectivity index (χ2n) is 7.47. The molecule has 0 bridgehead atoms. The maximum absolute atomic E-state index is 12.6. The van der Waals surface area contributed by atoms with Gasteiger partial charge in [-0.2, -0.15) is 12.6 Å². The highest BCUT2D eigenvalue weighted by molar-refractivity contribution is 7.80. The molecule has 0 saturated carbocycles. The van der Waals surface area contributed by atoms with E-state index in [1.807, 2.05) is 0 Å². The van der Waals surface area contributed by atoms with E-state index in [2.05, 4.69) is 38.9 Å². The average molecular weight is 476 g/mol. The maximum atomic E-state index is 12.6. The highest BCUT2D eigenvalue weighted by atomic mass is 32.1. The Hall–Kier alpha value is -2.58. The van der Waals surface area contributed by atoms with Crippen molar-refractivity contribution in [3.63, 3.8) is 0 Å². The van der Waals surface area contributed by atoms with Gasteiger partial charge >= 0.3 is 5.97 Å². The molecular formula is C18H33N7O6S. The number of carboxylic acids is 1. The maximum Gasteiger partial charge on any atom is 0.326 e. The van der Waals surface area contributed by atoms with Crippen LogP contribution in [0.4, 0.5) is 0 Å². The molecule has 182 valence electrons. The third-order valence-corrected chi connectivity index (χ3v) is 5.18. The zero-order chi connectivity index (χ0) is 24.3. The van der Waals surface area contributed by atoms with Crippen LogP contribution in [0.3, 0.4) is 0 Å². The number of nitrogens with zero attached hydrogens (tertiary/aromatic N) is 1. The Labute approximate surface area is 191 Å². The number of guanidine groups is 1. The fourth-order valence-electron chi connectivity index (χ4n) is 3.06. The molecule has 13 nitrogen and oxygen atoms in total. The van der Waals surface area contributed by atoms with Crippen molar-refractivity contribution in [1.82, 2.24) is 21.3 Å². The third kappa shape index (κ3) is 9.28. The molecule has 1 saturated heterocycles. The first-order valence-electron chi connectivity index (χ1n) is 10.3. The molecule has 3 amide bonds. The Bertz CT molecular complexity index is 695. The fourth-order valence-corrected chi connectivity index (χ4v) is 3.31. The average Bonchev–Trinajstić information content (AvgIpc) is 3.26. The smallest absolute Gasteiger partial charge is 0.326 e. The van der Waals surface area contributed by atoms with Crippen LogP contribution in [0.5, 0.6) is 0 Å². The molecule has 1 aliphatic rings. The second-order valence-corrected chi connectivity index (χ2v) is 7.83. The van der Waals surface area contributed by atoms with Crippen LogP contribution in [0.2, 0.25) is 0 Å². The summed E-state index contributed by atoms with van der Waals surface area (Å²) in [6, 6.07) is -4.16. The standard InChI is InChI=1S/C18H33N7O6S/c1-9(26)13(16(29)23-11(17(30)31)5-3-7-22-18(19)20)25-15(28)12(8-32)24-14(27)10-4-2-6-21-10/h9-13,21,26,32H,2-8H2,1H3,(H,23,29)(H,24,27)(H,25,28)(H,30,31)(H4,19,20,22). The predicted molar refractivity (Wildman–Crippen MR) is 120 cm³/mol. The molecule has 10 N–H and O–H groups in total. The monoisotopic (exact) mass is 475 g/mol. The lowest BCUT2D eigenvalue weighted by Crippen LogP contribution is -2.60. The summed E-state index contributed by atoms with van der Waals surface area (Å²) >= 11 is 4.08. The minimum absolute atomic E-state index is 0.0298. The first kappa shape index (κ1) is 27.5. The first-order chi connectivity index (χ1) is 15.1. The van der Waals surface area contributed by atoms with Gasteiger partial charge in [0.05, 0.1) is 12.1 Å². The number of carbonyl (C=O) groups is 4. The van der Waals surface area contributed by atoms with Crippen LogP contribution in [0.15, 0.2) is 4.99 Å². The molecule has 14 heteroatoms. The summed E-state index contributed by atoms with van der Waals surface area (Å²) in [4.78, 5) is 52.6. The van der Waals surface area contributed by atoms with Crippen molar-refractivity contribution in [2.45, 2.75) is 62.9 Å². The van der Waals surface area contributed by atoms with Crippen LogP contribution >= 0.6 is 12.6 Å². The molecule has 1 fully saturated rings. The number of carboxylic acid groups (broad SMARTS) is 1. The minimum atomic E-state index is -1.44. The number of nitrogens with one attached hydrogen (secondary N) is 4. The number of nitrogens with two attached hydrogens (primary N) is 2. The minimum Gasteiger partial charge on any atom is -0.480 e. The van der Waals surface area contributed by atoms with Crippen LogP contribution in [-0.2, 0) is 19.2 Å². The summed E-state index contributed by atoms with van der Waals surface area (Å²) in [7, 11) is 0. The topological polar surface area (TPSA) is 221 Å². The van der Waals surface area contributed by atoms with Gasteiger partial charge in [0.15, 0.2) is 5.96 Å². The van der Waals surface area contributed by atoms with Crippen LogP contribution in [0, 0.1) is 0 Å². The van der Waals surface area contributed by atoms with E-state index in [0.717, 1.165) is 6.42 Å². The highest BCUT2D eigenvalue weighted by Crippen LogP contribution is 2.06. The molecule has 32 heavy (non-hydrogen) atoms. The van der Waals surface area contributed by atoms with Crippen molar-refractivity contribution in [3.8, 4) is 0 Å². The Morgan fingerprint density at radius 1 is 1.16 bits per heavy atom. The van der Waals surface area contributed by atoms with Gasteiger partial charge in [0.2, 0.25) is 17.7 Å². The SMILES string of the molecule is CC(O)C(NC(=O)C(CS)NC(=O)C1CCCN1)C(=O)NC(CCCN=C(N)N)C(=O)O. The number of carbonyl (C=O) groups excluding carboxylic acids is 3. The lowest BCUT2D eigenvalue weighted by Gasteiger charge is -2.26. The zero-order valence-corrected chi connectivity index (χ0v) is 18.8. The Kier molecular flexibility index (Phi) is 11.8. The molecule has 0 aliphatic carbocycles. The zero-order valence-electron chi connectivity index (χ0n) is 17.9. The van der Waals surface area contributed by atoms with Gasteiger partial charge in [-0.15, -0.1) is 0 Å². The number of amides is 3. The highest BCUT2D eigenvalue weighted by Gasteiger charge is 2.32. The molecule has 1 heterocycles. The van der Waals surface area contributed by atoms with E-state index < -0.39 is 48.1 Å². The van der Waals surface area contributed by atoms with E-state index in [0.29, 0.717) is 13.0 Å². The molecule has 1 rings (SSSR count). The summed E-state index contributed by atoms with van der Waals surface area (Å²) in [6.07, 6.45) is 0.469. The van der Waals surface area contributed by atoms with E-state index in [1.165, 1.54) is 6.92 Å². The van der Waals surface area contributed by atoms with Gasteiger partial charge in [-0.25, -0.2) is 4.79 Å². The fraction of sp³-hybridized carbons (Fsp3) is 0.722. The largest absolute Gasteiger partial charge is 0.480 e. The summed E-state index contributed by atoms with van der Waals surface area (Å²) in [5, 5.41) is 29.6. The molecule has 0 aromatic carbocycles. The van der Waals surface area contributed by atoms with Gasteiger partial charge < -0.3 is 42.9 Å². The molecule has 0 radical (unpaired) electrons. The number of aliphatic carboxylic acids is 1. The quantitative estimate of drug-likeness (QED) is 0.0561. The van der Waals surface area contributed by atoms with Crippen LogP contribution < -0.4 is 32.7 Å². The van der Waals surface area contributed by atoms with Gasteiger partial charge in [-0.05, 0) is 39.2 Å². The van der Waals surface area contributed by atoms with Gasteiger partial charge in [0, 0.05) is 12.3 Å². The number of hydrogen-bond donors (Lipinski definition) is 9. The van der Waals surface area contributed by atoms with Crippen molar-refractivity contribution in [1.29, 1.82) is 0 Å². The summed E-state index contributed by atoms with van der Waals surface area (Å²) in [5.74, 6) is -3.44. The van der Waals surface area contributed by atoms with Crippen LogP contribution in [0.1, 0.15) is 32.6 Å². The number of rotatable bonds is 13. The number of aliphatic imine (C=N–C) groups is 1. The normalized spacial score (nSPS) is 19.2. The molecular weight excluding hydrogens is 442 g/mol. The summed E-state index contributed by atoms with van der Waals surface area (Å²) < 4.78 is 0. The number of aliphatic hydroxyl groups excluding tert-OH is 1. The predicted octanol–water partition coefficient (Wildman–Crippen LogP) is -3.36. The van der Waals surface area contributed by atoms with Gasteiger partial charge in [-0.1, -0.05) is 0 Å². The van der Waals surface area contributed by atoms with Crippen LogP contribution in [0.25, 0.3) is 0 Å². The number of thiol groups is 1. The van der Waals surface area contributed by atoms with Gasteiger partial charge in [0.1, 0.15) is 18.1 Å². The number of hydrogen-bond acceptors (Lipinski definition) is 8. The van der Waals surface area contributed by atoms with Crippen molar-refractivity contribution in [2.24, 2.45) is 16.5 Å². The molecule has 5 unspecified atom stereocenters. The lowest BCUT2D eigenvalue weighted by molar-refractivity contribution is -0.143. The molecule has 0 spiro atoms.